The molecule has 11 heteroatoms. The normalized spacial score (nSPS) is 19.2. The zero-order valence-corrected chi connectivity index (χ0v) is 23.4. The Kier molecular flexibility index (Phi) is 9.75. The number of carbonyl (C=O) groups is 2. The molecule has 0 aromatic heterocycles. The summed E-state index contributed by atoms with van der Waals surface area (Å²) in [5, 5.41) is 15.3. The van der Waals surface area contributed by atoms with E-state index in [4.69, 9.17) is 4.74 Å². The summed E-state index contributed by atoms with van der Waals surface area (Å²) in [7, 11) is -2.26. The van der Waals surface area contributed by atoms with Gasteiger partial charge in [-0.25, -0.2) is 13.2 Å². The highest BCUT2D eigenvalue weighted by molar-refractivity contribution is 7.89. The molecule has 0 spiro atoms. The van der Waals surface area contributed by atoms with Crippen LogP contribution in [-0.2, 0) is 21.2 Å². The summed E-state index contributed by atoms with van der Waals surface area (Å²) in [5.74, 6) is -0.0195. The Hall–Kier alpha value is -3.15. The van der Waals surface area contributed by atoms with Gasteiger partial charge in [0.15, 0.2) is 0 Å². The molecule has 3 atom stereocenters. The second-order valence-corrected chi connectivity index (χ2v) is 12.1. The van der Waals surface area contributed by atoms with Crippen molar-refractivity contribution in [1.82, 2.24) is 14.5 Å². The summed E-state index contributed by atoms with van der Waals surface area (Å²) in [6.45, 7) is 7.47. The smallest absolute Gasteiger partial charge is 0.319 e. The van der Waals surface area contributed by atoms with Crippen LogP contribution >= 0.6 is 0 Å². The SMILES string of the molecule is CC(C)NC(=O)Nc1ccc2c(c1)CC(=O)N([C@@H](C)CO)C[C@@H](C)[C@@H](CN(C)S(=O)(=O)c1ccccc1)O2. The molecular weight excluding hydrogens is 508 g/mol. The third-order valence-electron chi connectivity index (χ3n) is 6.48. The molecule has 3 N–H and O–H groups in total. The number of likely N-dealkylation sites (N-methyl/N-ethyl adjacent to an activating group) is 1. The van der Waals surface area contributed by atoms with Crippen LogP contribution in [-0.4, -0.2) is 79.6 Å². The number of hydrogen-bond donors (Lipinski definition) is 3. The number of carbonyl (C=O) groups excluding carboxylic acids is 2. The number of sulfonamides is 1. The lowest BCUT2D eigenvalue weighted by atomic mass is 10.0. The molecular formula is C27H38N4O6S. The average molecular weight is 547 g/mol. The fourth-order valence-corrected chi connectivity index (χ4v) is 5.48. The van der Waals surface area contributed by atoms with Crippen molar-refractivity contribution in [2.24, 2.45) is 5.92 Å². The van der Waals surface area contributed by atoms with Gasteiger partial charge in [0, 0.05) is 36.8 Å². The lowest BCUT2D eigenvalue weighted by Gasteiger charge is -2.33. The van der Waals surface area contributed by atoms with E-state index in [1.165, 1.54) is 11.4 Å². The van der Waals surface area contributed by atoms with E-state index < -0.39 is 22.2 Å². The summed E-state index contributed by atoms with van der Waals surface area (Å²) in [6, 6.07) is 12.4. The molecule has 0 bridgehead atoms. The van der Waals surface area contributed by atoms with Crippen molar-refractivity contribution >= 4 is 27.6 Å². The van der Waals surface area contributed by atoms with Crippen molar-refractivity contribution in [3.8, 4) is 5.75 Å². The molecule has 1 heterocycles. The van der Waals surface area contributed by atoms with Gasteiger partial charge in [-0.2, -0.15) is 4.31 Å². The highest BCUT2D eigenvalue weighted by Crippen LogP contribution is 2.30. The number of urea groups is 1. The van der Waals surface area contributed by atoms with Gasteiger partial charge in [-0.05, 0) is 51.1 Å². The number of hydrogen-bond acceptors (Lipinski definition) is 6. The van der Waals surface area contributed by atoms with E-state index in [9.17, 15) is 23.1 Å². The maximum atomic E-state index is 13.3. The van der Waals surface area contributed by atoms with Crippen molar-refractivity contribution < 1.29 is 27.9 Å². The standard InChI is InChI=1S/C27H38N4O6S/c1-18(2)28-27(34)29-22-11-12-24-21(13-22)14-26(33)31(20(4)17-32)15-19(3)25(37-24)16-30(5)38(35,36)23-9-7-6-8-10-23/h6-13,18-20,25,32H,14-17H2,1-5H3,(H2,28,29,34)/t19-,20+,25-/m1/s1. The first-order chi connectivity index (χ1) is 17.9. The number of fused-ring (bicyclic) bond motifs is 1. The number of aliphatic hydroxyl groups excluding tert-OH is 1. The molecule has 38 heavy (non-hydrogen) atoms. The average Bonchev–Trinajstić information content (AvgIpc) is 2.91. The first-order valence-electron chi connectivity index (χ1n) is 12.7. The van der Waals surface area contributed by atoms with Crippen molar-refractivity contribution in [2.75, 3.05) is 32.1 Å². The van der Waals surface area contributed by atoms with Crippen molar-refractivity contribution in [3.05, 3.63) is 54.1 Å². The zero-order chi connectivity index (χ0) is 28.0. The van der Waals surface area contributed by atoms with E-state index in [-0.39, 0.29) is 54.9 Å². The minimum Gasteiger partial charge on any atom is -0.488 e. The van der Waals surface area contributed by atoms with Crippen LogP contribution in [0.25, 0.3) is 0 Å². The maximum absolute atomic E-state index is 13.3. The van der Waals surface area contributed by atoms with E-state index >= 15 is 0 Å². The van der Waals surface area contributed by atoms with Gasteiger partial charge in [0.05, 0.1) is 30.5 Å². The predicted octanol–water partition coefficient (Wildman–Crippen LogP) is 2.69. The Balaban J connectivity index is 1.95. The number of aliphatic hydroxyl groups is 1. The minimum absolute atomic E-state index is 0.00140. The second kappa shape index (κ2) is 12.6. The molecule has 1 aliphatic heterocycles. The zero-order valence-electron chi connectivity index (χ0n) is 22.5. The van der Waals surface area contributed by atoms with Crippen LogP contribution in [0.3, 0.4) is 0 Å². The molecule has 0 aliphatic carbocycles. The number of benzene rings is 2. The fraction of sp³-hybridized carbons (Fsp3) is 0.481. The quantitative estimate of drug-likeness (QED) is 0.467. The van der Waals surface area contributed by atoms with Gasteiger partial charge in [-0.1, -0.05) is 25.1 Å². The summed E-state index contributed by atoms with van der Waals surface area (Å²) in [4.78, 5) is 27.3. The molecule has 0 saturated carbocycles. The number of anilines is 1. The highest BCUT2D eigenvalue weighted by atomic mass is 32.2. The molecule has 208 valence electrons. The molecule has 2 aromatic rings. The molecule has 3 rings (SSSR count). The van der Waals surface area contributed by atoms with Gasteiger partial charge < -0.3 is 25.4 Å². The molecule has 10 nitrogen and oxygen atoms in total. The van der Waals surface area contributed by atoms with Gasteiger partial charge in [0.2, 0.25) is 15.9 Å². The Bertz CT molecular complexity index is 1220. The Morgan fingerprint density at radius 2 is 1.87 bits per heavy atom. The van der Waals surface area contributed by atoms with Crippen molar-refractivity contribution in [3.63, 3.8) is 0 Å². The van der Waals surface area contributed by atoms with Gasteiger partial charge in [0.25, 0.3) is 0 Å². The summed E-state index contributed by atoms with van der Waals surface area (Å²) < 4.78 is 34.1. The van der Waals surface area contributed by atoms with E-state index in [0.29, 0.717) is 17.0 Å². The molecule has 2 aromatic carbocycles. The highest BCUT2D eigenvalue weighted by Gasteiger charge is 2.33. The second-order valence-electron chi connectivity index (χ2n) is 10.1. The molecule has 0 saturated heterocycles. The van der Waals surface area contributed by atoms with E-state index in [0.717, 1.165) is 0 Å². The largest absolute Gasteiger partial charge is 0.488 e. The Morgan fingerprint density at radius 3 is 2.50 bits per heavy atom. The minimum atomic E-state index is -3.77. The lowest BCUT2D eigenvalue weighted by Crippen LogP contribution is -2.48. The van der Waals surface area contributed by atoms with Crippen LogP contribution in [0.4, 0.5) is 10.5 Å². The maximum Gasteiger partial charge on any atom is 0.319 e. The van der Waals surface area contributed by atoms with Crippen LogP contribution in [0.5, 0.6) is 5.75 Å². The molecule has 1 aliphatic rings. The predicted molar refractivity (Wildman–Crippen MR) is 146 cm³/mol. The Morgan fingerprint density at radius 1 is 1.18 bits per heavy atom. The summed E-state index contributed by atoms with van der Waals surface area (Å²) in [5.41, 5.74) is 1.05. The molecule has 0 unspecified atom stereocenters. The van der Waals surface area contributed by atoms with Gasteiger partial charge in [-0.15, -0.1) is 0 Å². The van der Waals surface area contributed by atoms with E-state index in [1.807, 2.05) is 20.8 Å². The number of rotatable bonds is 8. The lowest BCUT2D eigenvalue weighted by molar-refractivity contribution is -0.134. The molecule has 0 radical (unpaired) electrons. The first-order valence-corrected chi connectivity index (χ1v) is 14.1. The van der Waals surface area contributed by atoms with Gasteiger partial charge >= 0.3 is 6.03 Å². The number of nitrogens with one attached hydrogen (secondary N) is 2. The van der Waals surface area contributed by atoms with Crippen LogP contribution in [0.15, 0.2) is 53.4 Å². The van der Waals surface area contributed by atoms with Crippen LogP contribution < -0.4 is 15.4 Å². The number of amides is 3. The van der Waals surface area contributed by atoms with Gasteiger partial charge in [-0.3, -0.25) is 4.79 Å². The van der Waals surface area contributed by atoms with Crippen molar-refractivity contribution in [1.29, 1.82) is 0 Å². The van der Waals surface area contributed by atoms with E-state index in [1.54, 1.807) is 60.4 Å². The number of ether oxygens (including phenoxy) is 1. The van der Waals surface area contributed by atoms with Crippen LogP contribution in [0.2, 0.25) is 0 Å². The summed E-state index contributed by atoms with van der Waals surface area (Å²) >= 11 is 0. The first kappa shape index (κ1) is 29.4. The third kappa shape index (κ3) is 7.24. The molecule has 0 fully saturated rings. The molecule has 3 amide bonds. The summed E-state index contributed by atoms with van der Waals surface area (Å²) in [6.07, 6.45) is -0.599. The topological polar surface area (TPSA) is 128 Å². The Labute approximate surface area is 225 Å². The van der Waals surface area contributed by atoms with E-state index in [2.05, 4.69) is 10.6 Å². The van der Waals surface area contributed by atoms with Crippen molar-refractivity contribution in [2.45, 2.75) is 57.2 Å². The van der Waals surface area contributed by atoms with Gasteiger partial charge in [0.1, 0.15) is 11.9 Å². The number of nitrogens with zero attached hydrogens (tertiary/aromatic N) is 2. The fourth-order valence-electron chi connectivity index (χ4n) is 4.28. The van der Waals surface area contributed by atoms with Crippen LogP contribution in [0, 0.1) is 5.92 Å². The monoisotopic (exact) mass is 546 g/mol. The third-order valence-corrected chi connectivity index (χ3v) is 8.32. The van der Waals surface area contributed by atoms with Crippen LogP contribution in [0.1, 0.15) is 33.3 Å².